The molecule has 0 aliphatic rings. The molecule has 0 aliphatic carbocycles. The van der Waals surface area contributed by atoms with Gasteiger partial charge in [0, 0.05) is 65.4 Å². The molecule has 0 radical (unpaired) electrons. The molecule has 0 heterocycles. The van der Waals surface area contributed by atoms with E-state index in [-0.39, 0.29) is 52.5 Å². The SMILES string of the molecule is CCCCCCCCCCNC(=O)C(O)CN(CCOCCN(CC(O)C(=O)NCCCCCCCCCC)CC(O)C(=O)NCCCCCCCCCC)CC(O)C(=O)NCCCCCCCCCC. The summed E-state index contributed by atoms with van der Waals surface area (Å²) in [5.74, 6) is -2.04. The van der Waals surface area contributed by atoms with Crippen LogP contribution in [0.4, 0.5) is 0 Å². The molecule has 0 saturated heterocycles. The maximum absolute atomic E-state index is 12.9. The molecule has 4 amide bonds. The first-order chi connectivity index (χ1) is 34.5. The standard InChI is InChI=1S/C56H112N6O9/c1-5-9-13-17-21-25-29-33-37-57-53(67)49(63)45-61(46-50(64)54(68)58-38-34-30-26-22-18-14-10-6-2)41-43-71-44-42-62(47-51(65)55(69)59-39-35-31-27-23-19-15-11-7-3)48-52(66)56(70)60-40-36-32-28-24-20-16-12-8-4/h49-52,63-66H,5-48H2,1-4H3,(H,57,67)(H,58,68)(H,59,69)(H,60,70). The number of aliphatic hydroxyl groups is 4. The van der Waals surface area contributed by atoms with E-state index in [1.54, 1.807) is 9.80 Å². The number of ether oxygens (including phenoxy) is 1. The molecule has 0 bridgehead atoms. The summed E-state index contributed by atoms with van der Waals surface area (Å²) in [7, 11) is 0. The normalized spacial score (nSPS) is 13.3. The molecular formula is C56H112N6O9. The van der Waals surface area contributed by atoms with Gasteiger partial charge < -0.3 is 46.4 Å². The maximum Gasteiger partial charge on any atom is 0.250 e. The Hall–Kier alpha value is -2.40. The summed E-state index contributed by atoms with van der Waals surface area (Å²) in [4.78, 5) is 55.1. The number of unbranched alkanes of at least 4 members (excludes halogenated alkanes) is 28. The average Bonchev–Trinajstić information content (AvgIpc) is 3.35. The van der Waals surface area contributed by atoms with E-state index in [0.717, 1.165) is 77.0 Å². The Morgan fingerprint density at radius 1 is 0.324 bits per heavy atom. The molecule has 8 N–H and O–H groups in total. The highest BCUT2D eigenvalue weighted by Gasteiger charge is 2.26. The van der Waals surface area contributed by atoms with Crippen LogP contribution in [0.15, 0.2) is 0 Å². The third kappa shape index (κ3) is 43.7. The summed E-state index contributed by atoms with van der Waals surface area (Å²) < 4.78 is 5.98. The van der Waals surface area contributed by atoms with E-state index in [2.05, 4.69) is 49.0 Å². The molecule has 0 rings (SSSR count). The third-order valence-corrected chi connectivity index (χ3v) is 13.4. The number of aliphatic hydroxyl groups excluding tert-OH is 4. The van der Waals surface area contributed by atoms with Gasteiger partial charge in [0.05, 0.1) is 13.2 Å². The van der Waals surface area contributed by atoms with Gasteiger partial charge in [-0.25, -0.2) is 0 Å². The minimum absolute atomic E-state index is 0.107. The number of nitrogens with zero attached hydrogens (tertiary/aromatic N) is 2. The lowest BCUT2D eigenvalue weighted by molar-refractivity contribution is -0.133. The van der Waals surface area contributed by atoms with Crippen LogP contribution in [-0.4, -0.2) is 157 Å². The molecule has 0 aromatic carbocycles. The van der Waals surface area contributed by atoms with Crippen LogP contribution in [0.25, 0.3) is 0 Å². The molecule has 15 heteroatoms. The van der Waals surface area contributed by atoms with Crippen LogP contribution in [0.3, 0.4) is 0 Å². The number of hydrogen-bond donors (Lipinski definition) is 8. The molecule has 0 spiro atoms. The molecule has 0 fully saturated rings. The van der Waals surface area contributed by atoms with E-state index in [4.69, 9.17) is 4.74 Å². The van der Waals surface area contributed by atoms with Crippen molar-refractivity contribution in [3.05, 3.63) is 0 Å². The zero-order chi connectivity index (χ0) is 52.4. The van der Waals surface area contributed by atoms with Crippen molar-refractivity contribution in [3.8, 4) is 0 Å². The fourth-order valence-corrected chi connectivity index (χ4v) is 8.67. The van der Waals surface area contributed by atoms with Crippen molar-refractivity contribution in [2.45, 2.75) is 258 Å². The van der Waals surface area contributed by atoms with Crippen LogP contribution in [0.2, 0.25) is 0 Å². The monoisotopic (exact) mass is 1010 g/mol. The number of carbonyl (C=O) groups is 4. The van der Waals surface area contributed by atoms with Crippen molar-refractivity contribution >= 4 is 23.6 Å². The first-order valence-electron chi connectivity index (χ1n) is 29.4. The van der Waals surface area contributed by atoms with Crippen molar-refractivity contribution in [3.63, 3.8) is 0 Å². The maximum atomic E-state index is 12.9. The molecule has 4 atom stereocenters. The van der Waals surface area contributed by atoms with Gasteiger partial charge in [-0.05, 0) is 25.7 Å². The summed E-state index contributed by atoms with van der Waals surface area (Å²) in [6, 6.07) is 0. The second kappa shape index (κ2) is 51.1. The molecule has 15 nitrogen and oxygen atoms in total. The molecule has 0 aromatic rings. The van der Waals surface area contributed by atoms with Crippen LogP contribution in [-0.2, 0) is 23.9 Å². The Balaban J connectivity index is 5.44. The Morgan fingerprint density at radius 3 is 0.704 bits per heavy atom. The Bertz CT molecular complexity index is 1060. The smallest absolute Gasteiger partial charge is 0.250 e. The van der Waals surface area contributed by atoms with Gasteiger partial charge in [0.25, 0.3) is 0 Å². The average molecular weight is 1010 g/mol. The van der Waals surface area contributed by atoms with E-state index in [1.807, 2.05) is 0 Å². The van der Waals surface area contributed by atoms with Crippen LogP contribution < -0.4 is 21.3 Å². The second-order valence-corrected chi connectivity index (χ2v) is 20.3. The third-order valence-electron chi connectivity index (χ3n) is 13.4. The molecule has 0 saturated carbocycles. The molecule has 0 aliphatic heterocycles. The van der Waals surface area contributed by atoms with Crippen molar-refractivity contribution in [2.75, 3.05) is 78.7 Å². The fourth-order valence-electron chi connectivity index (χ4n) is 8.67. The molecule has 420 valence electrons. The summed E-state index contributed by atoms with van der Waals surface area (Å²) >= 11 is 0. The first-order valence-corrected chi connectivity index (χ1v) is 29.4. The summed E-state index contributed by atoms with van der Waals surface area (Å²) in [6.07, 6.45) is 30.7. The molecule has 0 aromatic heterocycles. The van der Waals surface area contributed by atoms with Gasteiger partial charge >= 0.3 is 0 Å². The Kier molecular flexibility index (Phi) is 49.4. The lowest BCUT2D eigenvalue weighted by Crippen LogP contribution is -2.49. The number of nitrogens with one attached hydrogen (secondary N) is 4. The summed E-state index contributed by atoms with van der Waals surface area (Å²) in [6.45, 7) is 10.7. The van der Waals surface area contributed by atoms with Gasteiger partial charge in [0.2, 0.25) is 23.6 Å². The highest BCUT2D eigenvalue weighted by atomic mass is 16.5. The van der Waals surface area contributed by atoms with E-state index >= 15 is 0 Å². The predicted molar refractivity (Wildman–Crippen MR) is 290 cm³/mol. The lowest BCUT2D eigenvalue weighted by Gasteiger charge is -2.28. The minimum atomic E-state index is -1.39. The van der Waals surface area contributed by atoms with Crippen LogP contribution >= 0.6 is 0 Å². The first kappa shape index (κ1) is 68.6. The van der Waals surface area contributed by atoms with Crippen molar-refractivity contribution in [1.82, 2.24) is 31.1 Å². The number of amides is 4. The zero-order valence-corrected chi connectivity index (χ0v) is 46.1. The van der Waals surface area contributed by atoms with Crippen LogP contribution in [0.1, 0.15) is 233 Å². The van der Waals surface area contributed by atoms with Gasteiger partial charge in [0.1, 0.15) is 24.4 Å². The van der Waals surface area contributed by atoms with Gasteiger partial charge in [-0.15, -0.1) is 0 Å². The zero-order valence-electron chi connectivity index (χ0n) is 46.1. The Morgan fingerprint density at radius 2 is 0.507 bits per heavy atom. The van der Waals surface area contributed by atoms with Gasteiger partial charge in [0.15, 0.2) is 0 Å². The summed E-state index contributed by atoms with van der Waals surface area (Å²) in [5.41, 5.74) is 0. The van der Waals surface area contributed by atoms with E-state index in [9.17, 15) is 39.6 Å². The van der Waals surface area contributed by atoms with Crippen LogP contribution in [0.5, 0.6) is 0 Å². The van der Waals surface area contributed by atoms with Gasteiger partial charge in [-0.1, -0.05) is 207 Å². The van der Waals surface area contributed by atoms with Gasteiger partial charge in [-0.3, -0.25) is 29.0 Å². The highest BCUT2D eigenvalue weighted by Crippen LogP contribution is 2.12. The predicted octanol–water partition coefficient (Wildman–Crippen LogP) is 8.08. The van der Waals surface area contributed by atoms with E-state index in [0.29, 0.717) is 26.2 Å². The molecule has 4 unspecified atom stereocenters. The quantitative estimate of drug-likeness (QED) is 0.0273. The highest BCUT2D eigenvalue weighted by molar-refractivity contribution is 5.82. The lowest BCUT2D eigenvalue weighted by atomic mass is 10.1. The summed E-state index contributed by atoms with van der Waals surface area (Å²) in [5, 5.41) is 55.1. The molecular weight excluding hydrogens is 901 g/mol. The Labute approximate surface area is 433 Å². The van der Waals surface area contributed by atoms with Crippen molar-refractivity contribution in [2.24, 2.45) is 0 Å². The minimum Gasteiger partial charge on any atom is -0.382 e. The topological polar surface area (TPSA) is 213 Å². The van der Waals surface area contributed by atoms with Gasteiger partial charge in [-0.2, -0.15) is 0 Å². The van der Waals surface area contributed by atoms with E-state index < -0.39 is 48.0 Å². The fraction of sp³-hybridized carbons (Fsp3) is 0.929. The largest absolute Gasteiger partial charge is 0.382 e. The van der Waals surface area contributed by atoms with Crippen molar-refractivity contribution in [1.29, 1.82) is 0 Å². The number of hydrogen-bond acceptors (Lipinski definition) is 11. The molecule has 71 heavy (non-hydrogen) atoms. The second-order valence-electron chi connectivity index (χ2n) is 20.3. The van der Waals surface area contributed by atoms with Crippen LogP contribution in [0, 0.1) is 0 Å². The van der Waals surface area contributed by atoms with Crippen molar-refractivity contribution < 1.29 is 44.3 Å². The van der Waals surface area contributed by atoms with E-state index in [1.165, 1.54) is 128 Å². The number of carbonyl (C=O) groups excluding carboxylic acids is 4. The number of rotatable bonds is 54.